The minimum Gasteiger partial charge on any atom is -0.465 e. The molecule has 0 fully saturated rings. The summed E-state index contributed by atoms with van der Waals surface area (Å²) >= 11 is 0. The molecule has 0 aliphatic heterocycles. The van der Waals surface area contributed by atoms with Crippen LogP contribution in [0.3, 0.4) is 0 Å². The molecule has 0 spiro atoms. The lowest BCUT2D eigenvalue weighted by molar-refractivity contribution is -0.137. The molecule has 2 aromatic rings. The monoisotopic (exact) mass is 352 g/mol. The molecule has 0 amide bonds. The van der Waals surface area contributed by atoms with Crippen molar-refractivity contribution in [3.05, 3.63) is 64.5 Å². The third-order valence-electron chi connectivity index (χ3n) is 3.39. The number of carbonyl (C=O) groups excluding carboxylic acids is 1. The lowest BCUT2D eigenvalue weighted by Gasteiger charge is -2.15. The van der Waals surface area contributed by atoms with Crippen molar-refractivity contribution in [2.75, 3.05) is 12.4 Å². The predicted octanol–water partition coefficient (Wildman–Crippen LogP) is 4.11. The highest BCUT2D eigenvalue weighted by molar-refractivity contribution is 5.89. The van der Waals surface area contributed by atoms with E-state index < -0.39 is 23.5 Å². The maximum Gasteiger partial charge on any atom is 0.418 e. The van der Waals surface area contributed by atoms with Crippen molar-refractivity contribution in [1.29, 1.82) is 5.26 Å². The van der Waals surface area contributed by atoms with Crippen LogP contribution in [0.4, 0.5) is 23.2 Å². The van der Waals surface area contributed by atoms with E-state index in [9.17, 15) is 22.4 Å². The van der Waals surface area contributed by atoms with Gasteiger partial charge in [-0.3, -0.25) is 0 Å². The standard InChI is InChI=1S/C17H12F4N2O2/c1-25-16(24)11-3-4-14(18)12(7-11)9-23-15-5-2-10(8-22)6-13(15)17(19,20)21/h2-7,23H,9H2,1H3. The lowest BCUT2D eigenvalue weighted by Crippen LogP contribution is -2.12. The molecule has 0 unspecified atom stereocenters. The maximum atomic E-state index is 13.8. The fourth-order valence-corrected chi connectivity index (χ4v) is 2.15. The third kappa shape index (κ3) is 4.26. The summed E-state index contributed by atoms with van der Waals surface area (Å²) < 4.78 is 57.7. The first-order valence-corrected chi connectivity index (χ1v) is 6.98. The van der Waals surface area contributed by atoms with Gasteiger partial charge in [-0.05, 0) is 36.4 Å². The number of carbonyl (C=O) groups is 1. The average molecular weight is 352 g/mol. The molecule has 4 nitrogen and oxygen atoms in total. The molecule has 0 saturated heterocycles. The van der Waals surface area contributed by atoms with Gasteiger partial charge in [-0.25, -0.2) is 9.18 Å². The van der Waals surface area contributed by atoms with Crippen LogP contribution in [0.25, 0.3) is 0 Å². The summed E-state index contributed by atoms with van der Waals surface area (Å²) in [4.78, 5) is 11.5. The zero-order valence-electron chi connectivity index (χ0n) is 12.9. The molecule has 0 aromatic heterocycles. The zero-order chi connectivity index (χ0) is 18.6. The van der Waals surface area contributed by atoms with Crippen LogP contribution in [0.1, 0.15) is 27.0 Å². The van der Waals surface area contributed by atoms with Crippen molar-refractivity contribution in [2.45, 2.75) is 12.7 Å². The summed E-state index contributed by atoms with van der Waals surface area (Å²) in [6.45, 7) is -0.286. The van der Waals surface area contributed by atoms with Gasteiger partial charge >= 0.3 is 12.1 Å². The number of ether oxygens (including phenoxy) is 1. The number of methoxy groups -OCH3 is 1. The van der Waals surface area contributed by atoms with E-state index >= 15 is 0 Å². The largest absolute Gasteiger partial charge is 0.465 e. The number of alkyl halides is 3. The number of hydrogen-bond acceptors (Lipinski definition) is 4. The Hall–Kier alpha value is -3.08. The van der Waals surface area contributed by atoms with Gasteiger partial charge in [0.25, 0.3) is 0 Å². The maximum absolute atomic E-state index is 13.8. The average Bonchev–Trinajstić information content (AvgIpc) is 2.59. The fraction of sp³-hybridized carbons (Fsp3) is 0.176. The van der Waals surface area contributed by atoms with Crippen LogP contribution in [-0.2, 0) is 17.5 Å². The van der Waals surface area contributed by atoms with E-state index in [1.54, 1.807) is 6.07 Å². The van der Waals surface area contributed by atoms with Gasteiger partial charge in [0, 0.05) is 17.8 Å². The molecule has 0 aliphatic rings. The van der Waals surface area contributed by atoms with Gasteiger partial charge in [0.1, 0.15) is 5.82 Å². The molecule has 1 N–H and O–H groups in total. The predicted molar refractivity (Wildman–Crippen MR) is 81.2 cm³/mol. The van der Waals surface area contributed by atoms with E-state index in [0.717, 1.165) is 19.2 Å². The Morgan fingerprint density at radius 3 is 2.56 bits per heavy atom. The van der Waals surface area contributed by atoms with E-state index in [4.69, 9.17) is 5.26 Å². The molecule has 0 saturated carbocycles. The first-order chi connectivity index (χ1) is 11.8. The molecular weight excluding hydrogens is 340 g/mol. The highest BCUT2D eigenvalue weighted by Crippen LogP contribution is 2.35. The number of nitrogens with zero attached hydrogens (tertiary/aromatic N) is 1. The molecule has 25 heavy (non-hydrogen) atoms. The van der Waals surface area contributed by atoms with Gasteiger partial charge < -0.3 is 10.1 Å². The summed E-state index contributed by atoms with van der Waals surface area (Å²) in [6.07, 6.45) is -4.68. The first kappa shape index (κ1) is 18.3. The van der Waals surface area contributed by atoms with E-state index in [-0.39, 0.29) is 28.9 Å². The zero-order valence-corrected chi connectivity index (χ0v) is 12.9. The molecule has 2 aromatic carbocycles. The molecule has 0 radical (unpaired) electrons. The van der Waals surface area contributed by atoms with Crippen LogP contribution in [0.15, 0.2) is 36.4 Å². The van der Waals surface area contributed by atoms with Gasteiger partial charge in [-0.15, -0.1) is 0 Å². The molecule has 2 rings (SSSR count). The SMILES string of the molecule is COC(=O)c1ccc(F)c(CNc2ccc(C#N)cc2C(F)(F)F)c1. The van der Waals surface area contributed by atoms with Crippen molar-refractivity contribution in [1.82, 2.24) is 0 Å². The van der Waals surface area contributed by atoms with E-state index in [2.05, 4.69) is 10.1 Å². The molecule has 0 atom stereocenters. The van der Waals surface area contributed by atoms with Crippen LogP contribution in [0.5, 0.6) is 0 Å². The summed E-state index contributed by atoms with van der Waals surface area (Å²) in [7, 11) is 1.16. The minimum absolute atomic E-state index is 0.000356. The quantitative estimate of drug-likeness (QED) is 0.664. The minimum atomic E-state index is -4.68. The number of halogens is 4. The van der Waals surface area contributed by atoms with Crippen molar-refractivity contribution < 1.29 is 27.1 Å². The van der Waals surface area contributed by atoms with Crippen molar-refractivity contribution in [3.63, 3.8) is 0 Å². The summed E-state index contributed by atoms with van der Waals surface area (Å²) in [6, 6.07) is 8.12. The van der Waals surface area contributed by atoms with E-state index in [1.807, 2.05) is 0 Å². The Morgan fingerprint density at radius 2 is 1.96 bits per heavy atom. The normalized spacial score (nSPS) is 10.9. The summed E-state index contributed by atoms with van der Waals surface area (Å²) in [5.41, 5.74) is -1.39. The Morgan fingerprint density at radius 1 is 1.24 bits per heavy atom. The Bertz CT molecular complexity index is 842. The van der Waals surface area contributed by atoms with Gasteiger partial charge in [-0.1, -0.05) is 0 Å². The van der Waals surface area contributed by atoms with Crippen LogP contribution in [0.2, 0.25) is 0 Å². The molecular formula is C17H12F4N2O2. The molecule has 0 bridgehead atoms. The van der Waals surface area contributed by atoms with Crippen LogP contribution in [-0.4, -0.2) is 13.1 Å². The van der Waals surface area contributed by atoms with Gasteiger partial charge in [0.15, 0.2) is 0 Å². The second-order valence-electron chi connectivity index (χ2n) is 5.02. The molecule has 130 valence electrons. The number of hydrogen-bond donors (Lipinski definition) is 1. The van der Waals surface area contributed by atoms with Crippen LogP contribution in [0, 0.1) is 17.1 Å². The number of anilines is 1. The Balaban J connectivity index is 2.30. The van der Waals surface area contributed by atoms with Gasteiger partial charge in [0.2, 0.25) is 0 Å². The molecule has 0 heterocycles. The van der Waals surface area contributed by atoms with E-state index in [0.29, 0.717) is 6.07 Å². The first-order valence-electron chi connectivity index (χ1n) is 6.98. The highest BCUT2D eigenvalue weighted by atomic mass is 19.4. The van der Waals surface area contributed by atoms with Gasteiger partial charge in [0.05, 0.1) is 29.9 Å². The van der Waals surface area contributed by atoms with Crippen LogP contribution < -0.4 is 5.32 Å². The number of rotatable bonds is 4. The molecule has 8 heteroatoms. The fourth-order valence-electron chi connectivity index (χ4n) is 2.15. The van der Waals surface area contributed by atoms with E-state index in [1.165, 1.54) is 18.2 Å². The van der Waals surface area contributed by atoms with Crippen molar-refractivity contribution >= 4 is 11.7 Å². The number of nitrogens with one attached hydrogen (secondary N) is 1. The highest BCUT2D eigenvalue weighted by Gasteiger charge is 2.33. The Kier molecular flexibility index (Phi) is 5.27. The van der Waals surface area contributed by atoms with Crippen molar-refractivity contribution in [2.24, 2.45) is 0 Å². The topological polar surface area (TPSA) is 62.1 Å². The third-order valence-corrected chi connectivity index (χ3v) is 3.39. The van der Waals surface area contributed by atoms with Crippen LogP contribution >= 0.6 is 0 Å². The molecule has 0 aliphatic carbocycles. The Labute approximate surface area is 140 Å². The number of esters is 1. The van der Waals surface area contributed by atoms with Gasteiger partial charge in [-0.2, -0.15) is 18.4 Å². The summed E-state index contributed by atoms with van der Waals surface area (Å²) in [5, 5.41) is 11.2. The lowest BCUT2D eigenvalue weighted by atomic mass is 10.1. The second-order valence-corrected chi connectivity index (χ2v) is 5.02. The van der Waals surface area contributed by atoms with Crippen molar-refractivity contribution in [3.8, 4) is 6.07 Å². The second kappa shape index (κ2) is 7.21. The number of nitriles is 1. The summed E-state index contributed by atoms with van der Waals surface area (Å²) in [5.74, 6) is -1.36. The number of benzene rings is 2. The smallest absolute Gasteiger partial charge is 0.418 e.